The van der Waals surface area contributed by atoms with Gasteiger partial charge in [-0.05, 0) is 23.8 Å². The third-order valence-electron chi connectivity index (χ3n) is 5.27. The van der Waals surface area contributed by atoms with E-state index in [0.29, 0.717) is 35.1 Å². The fourth-order valence-corrected chi connectivity index (χ4v) is 3.94. The molecule has 1 amide bonds. The molecule has 11 heteroatoms. The smallest absolute Gasteiger partial charge is 0.296 e. The number of fused-ring (bicyclic) bond motifs is 2. The maximum Gasteiger partial charge on any atom is 0.296 e. The molecule has 2 aliphatic heterocycles. The number of aromatic amines is 1. The molecule has 168 valence electrons. The van der Waals surface area contributed by atoms with Gasteiger partial charge in [0.15, 0.2) is 11.8 Å². The zero-order valence-corrected chi connectivity index (χ0v) is 17.8. The summed E-state index contributed by atoms with van der Waals surface area (Å²) in [4.78, 5) is 22.9. The summed E-state index contributed by atoms with van der Waals surface area (Å²) < 4.78 is 22.9. The van der Waals surface area contributed by atoms with Gasteiger partial charge in [-0.1, -0.05) is 23.7 Å². The number of carbonyl (C=O) groups is 1. The van der Waals surface area contributed by atoms with E-state index in [1.807, 2.05) is 12.1 Å². The number of amides is 1. The summed E-state index contributed by atoms with van der Waals surface area (Å²) in [6, 6.07) is 9.16. The van der Waals surface area contributed by atoms with Crippen LogP contribution in [0.5, 0.6) is 17.6 Å². The molecule has 0 saturated carbocycles. The largest absolute Gasteiger partial charge is 0.456 e. The van der Waals surface area contributed by atoms with E-state index >= 15 is 0 Å². The molecular weight excluding hydrogens is 440 g/mol. The first-order valence-corrected chi connectivity index (χ1v) is 10.5. The van der Waals surface area contributed by atoms with Gasteiger partial charge in [0.25, 0.3) is 6.01 Å². The minimum absolute atomic E-state index is 0.113. The van der Waals surface area contributed by atoms with Gasteiger partial charge in [0.05, 0.1) is 18.7 Å². The van der Waals surface area contributed by atoms with Gasteiger partial charge < -0.3 is 34.4 Å². The number of H-pyrrole nitrogens is 1. The van der Waals surface area contributed by atoms with Crippen molar-refractivity contribution in [3.63, 3.8) is 0 Å². The van der Waals surface area contributed by atoms with E-state index < -0.39 is 18.3 Å². The van der Waals surface area contributed by atoms with Gasteiger partial charge in [-0.3, -0.25) is 4.79 Å². The van der Waals surface area contributed by atoms with Crippen molar-refractivity contribution in [2.75, 3.05) is 13.2 Å². The molecule has 1 unspecified atom stereocenters. The maximum absolute atomic E-state index is 11.1. The zero-order valence-electron chi connectivity index (χ0n) is 17.1. The van der Waals surface area contributed by atoms with Crippen LogP contribution in [0.4, 0.5) is 0 Å². The van der Waals surface area contributed by atoms with Crippen LogP contribution >= 0.6 is 11.6 Å². The first kappa shape index (κ1) is 21.0. The fourth-order valence-electron chi connectivity index (χ4n) is 3.75. The molecule has 2 fully saturated rings. The highest BCUT2D eigenvalue weighted by atomic mass is 35.5. The minimum Gasteiger partial charge on any atom is -0.456 e. The predicted molar refractivity (Wildman–Crippen MR) is 113 cm³/mol. The summed E-state index contributed by atoms with van der Waals surface area (Å²) >= 11 is 6.36. The molecule has 2 aliphatic rings. The molecule has 2 saturated heterocycles. The molecular formula is C21H21ClN4O6. The molecule has 0 spiro atoms. The summed E-state index contributed by atoms with van der Waals surface area (Å²) in [5, 5.41) is 12.9. The third kappa shape index (κ3) is 4.22. The number of hydrogen-bond donors (Lipinski definition) is 3. The van der Waals surface area contributed by atoms with Crippen molar-refractivity contribution in [1.29, 1.82) is 0 Å². The Hall–Kier alpha value is -2.92. The second-order valence-corrected chi connectivity index (χ2v) is 8.07. The number of carbonyl (C=O) groups excluding carboxylic acids is 1. The summed E-state index contributed by atoms with van der Waals surface area (Å²) in [5.41, 5.74) is 1.83. The number of ether oxygens (including phenoxy) is 4. The molecule has 2 aromatic heterocycles. The van der Waals surface area contributed by atoms with E-state index in [9.17, 15) is 9.90 Å². The lowest BCUT2D eigenvalue weighted by molar-refractivity contribution is -0.119. The quantitative estimate of drug-likeness (QED) is 0.509. The highest BCUT2D eigenvalue weighted by molar-refractivity contribution is 6.32. The van der Waals surface area contributed by atoms with Crippen LogP contribution in [0, 0.1) is 0 Å². The fraction of sp³-hybridized carbons (Fsp3) is 0.381. The highest BCUT2D eigenvalue weighted by Gasteiger charge is 2.48. The Kier molecular flexibility index (Phi) is 5.60. The van der Waals surface area contributed by atoms with Crippen LogP contribution in [0.1, 0.15) is 12.5 Å². The highest BCUT2D eigenvalue weighted by Crippen LogP contribution is 2.33. The number of imidazole rings is 1. The maximum atomic E-state index is 11.1. The number of aliphatic hydroxyl groups is 1. The van der Waals surface area contributed by atoms with E-state index in [2.05, 4.69) is 20.3 Å². The number of rotatable bonds is 6. The lowest BCUT2D eigenvalue weighted by Crippen LogP contribution is -2.34. The van der Waals surface area contributed by atoms with Crippen molar-refractivity contribution in [2.24, 2.45) is 0 Å². The Morgan fingerprint density at radius 2 is 2.12 bits per heavy atom. The number of hydrogen-bond acceptors (Lipinski definition) is 8. The van der Waals surface area contributed by atoms with Gasteiger partial charge in [0.2, 0.25) is 11.8 Å². The number of nitrogens with one attached hydrogen (secondary N) is 2. The summed E-state index contributed by atoms with van der Waals surface area (Å²) in [5.74, 6) is 0.610. The molecule has 3 N–H and O–H groups in total. The van der Waals surface area contributed by atoms with Gasteiger partial charge in [-0.2, -0.15) is 9.97 Å². The number of pyridine rings is 1. The number of halogens is 1. The Bertz CT molecular complexity index is 1150. The van der Waals surface area contributed by atoms with E-state index in [-0.39, 0.29) is 30.5 Å². The number of aliphatic hydroxyl groups excluding tert-OH is 1. The number of benzene rings is 1. The molecule has 5 rings (SSSR count). The molecule has 4 heterocycles. The molecule has 0 aliphatic carbocycles. The van der Waals surface area contributed by atoms with Crippen LogP contribution < -0.4 is 14.8 Å². The number of nitrogens with zero attached hydrogens (tertiary/aromatic N) is 2. The van der Waals surface area contributed by atoms with E-state index in [4.69, 9.17) is 30.5 Å². The minimum atomic E-state index is -0.652. The van der Waals surface area contributed by atoms with Crippen molar-refractivity contribution in [1.82, 2.24) is 20.3 Å². The molecule has 10 nitrogen and oxygen atoms in total. The van der Waals surface area contributed by atoms with Crippen LogP contribution in [0.2, 0.25) is 5.02 Å². The normalized spacial score (nSPS) is 24.5. The van der Waals surface area contributed by atoms with Crippen LogP contribution in [0.3, 0.4) is 0 Å². The van der Waals surface area contributed by atoms with Gasteiger partial charge in [0.1, 0.15) is 29.1 Å². The molecule has 0 radical (unpaired) electrons. The van der Waals surface area contributed by atoms with Crippen LogP contribution in [0.25, 0.3) is 11.2 Å². The summed E-state index contributed by atoms with van der Waals surface area (Å²) in [7, 11) is 0. The molecule has 32 heavy (non-hydrogen) atoms. The Morgan fingerprint density at radius 3 is 2.97 bits per heavy atom. The van der Waals surface area contributed by atoms with Gasteiger partial charge in [-0.15, -0.1) is 0 Å². The number of aromatic nitrogens is 3. The average Bonchev–Trinajstić information content (AvgIpc) is 3.44. The Morgan fingerprint density at radius 1 is 1.28 bits per heavy atom. The van der Waals surface area contributed by atoms with Crippen molar-refractivity contribution < 1.29 is 28.8 Å². The lowest BCUT2D eigenvalue weighted by atomic mass is 10.1. The Labute approximate surface area is 187 Å². The summed E-state index contributed by atoms with van der Waals surface area (Å²) in [6.45, 7) is 2.36. The van der Waals surface area contributed by atoms with Crippen LogP contribution in [-0.4, -0.2) is 63.6 Å². The van der Waals surface area contributed by atoms with Crippen LogP contribution in [0.15, 0.2) is 30.3 Å². The standard InChI is InChI=1S/C21H21ClN4O6/c1-10(27)23-7-11-3-2-4-12(5-11)31-20-13(22)6-14-19(25-20)26-21(24-14)32-16-9-30-17-15(28)8-29-18(16)17/h2-6,15-18,28H,7-9H2,1H3,(H,23,27)(H,24,25,26)/t15-,16-,17-,18?/m1/s1. The second kappa shape index (κ2) is 8.55. The molecule has 1 aromatic carbocycles. The van der Waals surface area contributed by atoms with Crippen molar-refractivity contribution in [2.45, 2.75) is 37.9 Å². The van der Waals surface area contributed by atoms with Crippen molar-refractivity contribution in [3.8, 4) is 17.6 Å². The first-order chi connectivity index (χ1) is 15.5. The second-order valence-electron chi connectivity index (χ2n) is 7.67. The zero-order chi connectivity index (χ0) is 22.2. The van der Waals surface area contributed by atoms with Crippen molar-refractivity contribution in [3.05, 3.63) is 40.9 Å². The molecule has 0 bridgehead atoms. The predicted octanol–water partition coefficient (Wildman–Crippen LogP) is 1.95. The van der Waals surface area contributed by atoms with Gasteiger partial charge in [0, 0.05) is 13.5 Å². The topological polar surface area (TPSA) is 128 Å². The summed E-state index contributed by atoms with van der Waals surface area (Å²) in [6.07, 6.45) is -1.78. The van der Waals surface area contributed by atoms with E-state index in [0.717, 1.165) is 5.56 Å². The van der Waals surface area contributed by atoms with Gasteiger partial charge >= 0.3 is 0 Å². The van der Waals surface area contributed by atoms with Crippen LogP contribution in [-0.2, 0) is 20.8 Å². The van der Waals surface area contributed by atoms with Gasteiger partial charge in [-0.25, -0.2) is 0 Å². The Balaban J connectivity index is 1.32. The molecule has 4 atom stereocenters. The van der Waals surface area contributed by atoms with E-state index in [1.165, 1.54) is 6.92 Å². The third-order valence-corrected chi connectivity index (χ3v) is 5.54. The van der Waals surface area contributed by atoms with E-state index in [1.54, 1.807) is 18.2 Å². The lowest BCUT2D eigenvalue weighted by Gasteiger charge is -2.15. The SMILES string of the molecule is CC(=O)NCc1cccc(Oc2nc3nc(O[C@@H]4CO[C@H]5C4OC[C@H]5O)[nH]c3cc2Cl)c1. The monoisotopic (exact) mass is 460 g/mol. The first-order valence-electron chi connectivity index (χ1n) is 10.1. The van der Waals surface area contributed by atoms with Crippen molar-refractivity contribution >= 4 is 28.7 Å². The molecule has 3 aromatic rings. The average molecular weight is 461 g/mol.